The van der Waals surface area contributed by atoms with Gasteiger partial charge in [0.2, 0.25) is 11.8 Å². The highest BCUT2D eigenvalue weighted by Gasteiger charge is 2.46. The van der Waals surface area contributed by atoms with E-state index in [1.807, 2.05) is 12.1 Å². The fourth-order valence-electron chi connectivity index (χ4n) is 8.11. The third-order valence-electron chi connectivity index (χ3n) is 11.6. The molecule has 20 heteroatoms. The first-order valence-corrected chi connectivity index (χ1v) is 21.6. The van der Waals surface area contributed by atoms with Crippen LogP contribution in [0.2, 0.25) is 0 Å². The Labute approximate surface area is 378 Å². The summed E-state index contributed by atoms with van der Waals surface area (Å²) in [7, 11) is 2.95. The number of methoxy groups -OCH3 is 1. The number of nitrogens with zero attached hydrogens (tertiary/aromatic N) is 4. The molecule has 2 saturated heterocycles. The summed E-state index contributed by atoms with van der Waals surface area (Å²) in [6.07, 6.45) is -0.296. The third-order valence-corrected chi connectivity index (χ3v) is 11.6. The Bertz CT molecular complexity index is 2500. The number of alkyl halides is 3. The molecule has 0 aliphatic carbocycles. The highest BCUT2D eigenvalue weighted by molar-refractivity contribution is 6.24. The average molecular weight is 914 g/mol. The maximum Gasteiger partial charge on any atom is 0.419 e. The van der Waals surface area contributed by atoms with Crippen LogP contribution in [0.15, 0.2) is 72.9 Å². The molecule has 0 saturated carbocycles. The number of carbonyl (C=O) groups is 6. The zero-order valence-corrected chi connectivity index (χ0v) is 36.4. The van der Waals surface area contributed by atoms with E-state index >= 15 is 0 Å². The fraction of sp³-hybridized carbons (Fsp3) is 0.370. The molecule has 4 aromatic rings. The van der Waals surface area contributed by atoms with Crippen LogP contribution in [0.4, 0.5) is 41.7 Å². The number of piperidine rings is 1. The van der Waals surface area contributed by atoms with Crippen molar-refractivity contribution in [1.82, 2.24) is 30.7 Å². The van der Waals surface area contributed by atoms with Gasteiger partial charge in [0.15, 0.2) is 6.61 Å². The number of para-hydroxylation sites is 1. The summed E-state index contributed by atoms with van der Waals surface area (Å²) in [5, 5.41) is 13.3. The van der Waals surface area contributed by atoms with Crippen LogP contribution in [0, 0.1) is 0 Å². The lowest BCUT2D eigenvalue weighted by molar-refractivity contribution is -0.137. The number of unbranched alkanes of at least 4 members (excludes halogenated alkanes) is 3. The van der Waals surface area contributed by atoms with E-state index in [0.717, 1.165) is 75.2 Å². The fourth-order valence-corrected chi connectivity index (χ4v) is 8.11. The number of rotatable bonds is 18. The number of hydrogen-bond donors (Lipinski definition) is 5. The number of amides is 6. The molecule has 0 radical (unpaired) electrons. The summed E-state index contributed by atoms with van der Waals surface area (Å²) < 4.78 is 53.5. The molecule has 0 spiro atoms. The minimum atomic E-state index is -4.71. The van der Waals surface area contributed by atoms with E-state index in [2.05, 4.69) is 41.4 Å². The number of piperazine rings is 1. The van der Waals surface area contributed by atoms with Crippen LogP contribution in [0.25, 0.3) is 0 Å². The standard InChI is InChI=1S/C46H50F3N9O8/c1-50-42(61)29-10-5-6-12-32(29)53-34-25-38(52-26-31(34)46(47,48)49)54-33-15-14-28(24-37(33)65-2)57-22-20-56(21-23-57)19-8-4-3-7-18-51-40(60)27-66-36-13-9-11-30-41(36)45(64)58(44(30)63)35-16-17-39(59)55-43(35)62/h5-6,9-15,24-26,35H,3-4,7-8,16-23,27H2,1-2H3,(H,50,61)(H,51,60)(H2,52,53,54)(H,55,59,62). The molecule has 1 unspecified atom stereocenters. The summed E-state index contributed by atoms with van der Waals surface area (Å²) in [6.45, 7) is 4.28. The normalized spacial score (nSPS) is 16.4. The van der Waals surface area contributed by atoms with Crippen LogP contribution in [-0.2, 0) is 20.6 Å². The molecule has 6 amide bonds. The Hall–Kier alpha value is -7.22. The second-order valence-corrected chi connectivity index (χ2v) is 15.9. The Kier molecular flexibility index (Phi) is 14.7. The molecule has 3 aromatic carbocycles. The van der Waals surface area contributed by atoms with E-state index in [1.54, 1.807) is 18.2 Å². The van der Waals surface area contributed by atoms with Crippen molar-refractivity contribution in [3.05, 3.63) is 95.2 Å². The first-order chi connectivity index (χ1) is 31.7. The number of anilines is 5. The van der Waals surface area contributed by atoms with Crippen molar-refractivity contribution in [2.75, 3.05) is 75.6 Å². The first-order valence-electron chi connectivity index (χ1n) is 21.6. The first kappa shape index (κ1) is 46.8. The molecule has 66 heavy (non-hydrogen) atoms. The maximum absolute atomic E-state index is 14.0. The van der Waals surface area contributed by atoms with Gasteiger partial charge in [-0.2, -0.15) is 13.2 Å². The smallest absolute Gasteiger partial charge is 0.419 e. The Morgan fingerprint density at radius 2 is 1.62 bits per heavy atom. The molecular formula is C46H50F3N9O8. The zero-order chi connectivity index (χ0) is 47.0. The van der Waals surface area contributed by atoms with Crippen molar-refractivity contribution in [3.8, 4) is 11.5 Å². The Morgan fingerprint density at radius 3 is 2.36 bits per heavy atom. The van der Waals surface area contributed by atoms with Crippen molar-refractivity contribution < 1.29 is 51.4 Å². The molecule has 4 heterocycles. The van der Waals surface area contributed by atoms with Crippen LogP contribution >= 0.6 is 0 Å². The molecule has 7 rings (SSSR count). The van der Waals surface area contributed by atoms with Crippen LogP contribution in [0.5, 0.6) is 11.5 Å². The predicted molar refractivity (Wildman–Crippen MR) is 237 cm³/mol. The summed E-state index contributed by atoms with van der Waals surface area (Å²) in [6, 6.07) is 16.5. The molecule has 348 valence electrons. The summed E-state index contributed by atoms with van der Waals surface area (Å²) >= 11 is 0. The molecule has 5 N–H and O–H groups in total. The monoisotopic (exact) mass is 913 g/mol. The SMILES string of the molecule is CNC(=O)c1ccccc1Nc1cc(Nc2ccc(N3CCN(CCCCCCNC(=O)COc4cccc5c4C(=O)N(C4CCC(=O)NC4=O)C5=O)CC3)cc2OC)ncc1C(F)(F)F. The number of carbonyl (C=O) groups excluding carboxylic acids is 6. The van der Waals surface area contributed by atoms with E-state index in [-0.39, 0.29) is 65.0 Å². The van der Waals surface area contributed by atoms with Gasteiger partial charge in [-0.05, 0) is 62.2 Å². The van der Waals surface area contributed by atoms with E-state index in [9.17, 15) is 41.9 Å². The van der Waals surface area contributed by atoms with Gasteiger partial charge in [-0.1, -0.05) is 31.0 Å². The minimum Gasteiger partial charge on any atom is -0.494 e. The van der Waals surface area contributed by atoms with Crippen molar-refractivity contribution >= 4 is 64.0 Å². The van der Waals surface area contributed by atoms with Gasteiger partial charge < -0.3 is 35.6 Å². The molecule has 17 nitrogen and oxygen atoms in total. The Balaban J connectivity index is 0.821. The number of fused-ring (bicyclic) bond motifs is 1. The lowest BCUT2D eigenvalue weighted by Crippen LogP contribution is -2.54. The van der Waals surface area contributed by atoms with Gasteiger partial charge in [-0.15, -0.1) is 0 Å². The second-order valence-electron chi connectivity index (χ2n) is 15.9. The largest absolute Gasteiger partial charge is 0.494 e. The van der Waals surface area contributed by atoms with Gasteiger partial charge in [0.25, 0.3) is 23.6 Å². The molecule has 2 fully saturated rings. The quantitative estimate of drug-likeness (QED) is 0.0642. The lowest BCUT2D eigenvalue weighted by Gasteiger charge is -2.36. The number of aromatic nitrogens is 1. The number of imide groups is 2. The Morgan fingerprint density at radius 1 is 0.848 bits per heavy atom. The van der Waals surface area contributed by atoms with Crippen LogP contribution in [0.3, 0.4) is 0 Å². The molecule has 1 aromatic heterocycles. The van der Waals surface area contributed by atoms with Crippen molar-refractivity contribution in [2.45, 2.75) is 50.7 Å². The van der Waals surface area contributed by atoms with Crippen LogP contribution in [0.1, 0.15) is 75.2 Å². The van der Waals surface area contributed by atoms with E-state index < -0.39 is 47.3 Å². The number of halogens is 3. The van der Waals surface area contributed by atoms with Gasteiger partial charge in [0, 0.05) is 70.2 Å². The van der Waals surface area contributed by atoms with Gasteiger partial charge in [-0.25, -0.2) is 4.98 Å². The summed E-state index contributed by atoms with van der Waals surface area (Å²) in [5.41, 5.74) is 0.597. The maximum atomic E-state index is 14.0. The molecular weight excluding hydrogens is 864 g/mol. The summed E-state index contributed by atoms with van der Waals surface area (Å²) in [4.78, 5) is 84.8. The number of hydrogen-bond acceptors (Lipinski definition) is 13. The zero-order valence-electron chi connectivity index (χ0n) is 36.4. The predicted octanol–water partition coefficient (Wildman–Crippen LogP) is 5.23. The lowest BCUT2D eigenvalue weighted by atomic mass is 10.0. The molecule has 0 bridgehead atoms. The van der Waals surface area contributed by atoms with Crippen molar-refractivity contribution in [3.63, 3.8) is 0 Å². The van der Waals surface area contributed by atoms with Crippen molar-refractivity contribution in [2.24, 2.45) is 0 Å². The van der Waals surface area contributed by atoms with Gasteiger partial charge in [0.1, 0.15) is 23.4 Å². The average Bonchev–Trinajstić information content (AvgIpc) is 3.56. The third kappa shape index (κ3) is 10.8. The van der Waals surface area contributed by atoms with Gasteiger partial charge >= 0.3 is 6.18 Å². The summed E-state index contributed by atoms with van der Waals surface area (Å²) in [5.74, 6) is -2.70. The van der Waals surface area contributed by atoms with E-state index in [4.69, 9.17) is 9.47 Å². The minimum absolute atomic E-state index is 0.00518. The number of ether oxygens (including phenoxy) is 2. The van der Waals surface area contributed by atoms with E-state index in [0.29, 0.717) is 18.0 Å². The van der Waals surface area contributed by atoms with E-state index in [1.165, 1.54) is 50.6 Å². The number of benzene rings is 3. The van der Waals surface area contributed by atoms with Crippen molar-refractivity contribution in [1.29, 1.82) is 0 Å². The molecule has 3 aliphatic rings. The van der Waals surface area contributed by atoms with Crippen LogP contribution in [-0.4, -0.2) is 116 Å². The second kappa shape index (κ2) is 20.7. The highest BCUT2D eigenvalue weighted by atomic mass is 19.4. The topological polar surface area (TPSA) is 204 Å². The van der Waals surface area contributed by atoms with Crippen LogP contribution < -0.4 is 41.0 Å². The molecule has 3 aliphatic heterocycles. The number of pyridine rings is 1. The highest BCUT2D eigenvalue weighted by Crippen LogP contribution is 2.39. The molecule has 1 atom stereocenters. The van der Waals surface area contributed by atoms with Gasteiger partial charge in [0.05, 0.1) is 46.4 Å². The number of nitrogens with one attached hydrogen (secondary N) is 5. The van der Waals surface area contributed by atoms with Gasteiger partial charge in [-0.3, -0.25) is 43.9 Å².